The minimum absolute atomic E-state index is 0.000334. The molecule has 0 radical (unpaired) electrons. The first kappa shape index (κ1) is 18.5. The van der Waals surface area contributed by atoms with Crippen LogP contribution >= 0.6 is 0 Å². The van der Waals surface area contributed by atoms with Crippen LogP contribution < -0.4 is 5.32 Å². The first-order chi connectivity index (χ1) is 12.6. The number of carbonyl (C=O) groups excluding carboxylic acids is 1. The summed E-state index contributed by atoms with van der Waals surface area (Å²) in [5.74, 6) is -0.0615. The van der Waals surface area contributed by atoms with E-state index in [2.05, 4.69) is 22.4 Å². The van der Waals surface area contributed by atoms with Crippen LogP contribution in [-0.4, -0.2) is 43.2 Å². The zero-order valence-corrected chi connectivity index (χ0v) is 15.7. The number of ether oxygens (including phenoxy) is 1. The molecule has 0 spiro atoms. The Morgan fingerprint density at radius 3 is 2.81 bits per heavy atom. The van der Waals surface area contributed by atoms with Gasteiger partial charge in [-0.3, -0.25) is 4.79 Å². The van der Waals surface area contributed by atoms with Crippen molar-refractivity contribution in [1.82, 2.24) is 10.2 Å². The van der Waals surface area contributed by atoms with Crippen molar-refractivity contribution in [3.05, 3.63) is 64.9 Å². The molecule has 1 fully saturated rings. The van der Waals surface area contributed by atoms with Gasteiger partial charge in [0.05, 0.1) is 19.3 Å². The van der Waals surface area contributed by atoms with Crippen molar-refractivity contribution in [3.63, 3.8) is 0 Å². The van der Waals surface area contributed by atoms with Crippen LogP contribution in [0, 0.1) is 6.92 Å². The fraction of sp³-hybridized carbons (Fsp3) is 0.409. The standard InChI is InChI=1S/C22H28N2O2/c1-17-6-3-4-7-19(17)10-11-22(25)23-18(2)20-8-5-9-21(16-20)24-12-14-26-15-13-24/h3-4,6-8,10-11,16,18H,5,9,12-15H2,1-2H3,(H,23,25)/b11-10+/t18-/m0/s1. The summed E-state index contributed by atoms with van der Waals surface area (Å²) >= 11 is 0. The highest BCUT2D eigenvalue weighted by Crippen LogP contribution is 2.23. The highest BCUT2D eigenvalue weighted by atomic mass is 16.5. The molecule has 1 amide bonds. The molecule has 2 aliphatic rings. The molecule has 0 bridgehead atoms. The Kier molecular flexibility index (Phi) is 6.29. The molecule has 4 nitrogen and oxygen atoms in total. The molecule has 1 aliphatic carbocycles. The van der Waals surface area contributed by atoms with Gasteiger partial charge in [0.25, 0.3) is 0 Å². The number of hydrogen-bond acceptors (Lipinski definition) is 3. The third-order valence-electron chi connectivity index (χ3n) is 4.99. The third-order valence-corrected chi connectivity index (χ3v) is 4.99. The number of rotatable bonds is 5. The number of nitrogens with zero attached hydrogens (tertiary/aromatic N) is 1. The van der Waals surface area contributed by atoms with Crippen molar-refractivity contribution in [3.8, 4) is 0 Å². The van der Waals surface area contributed by atoms with Crippen LogP contribution in [0.25, 0.3) is 6.08 Å². The van der Waals surface area contributed by atoms with Crippen LogP contribution in [0.1, 0.15) is 30.9 Å². The minimum atomic E-state index is -0.0615. The molecule has 1 N–H and O–H groups in total. The second-order valence-corrected chi connectivity index (χ2v) is 6.90. The van der Waals surface area contributed by atoms with Gasteiger partial charge in [-0.05, 0) is 55.5 Å². The van der Waals surface area contributed by atoms with Crippen molar-refractivity contribution in [2.24, 2.45) is 0 Å². The Hall–Kier alpha value is -2.33. The topological polar surface area (TPSA) is 41.6 Å². The summed E-state index contributed by atoms with van der Waals surface area (Å²) in [5, 5.41) is 3.08. The minimum Gasteiger partial charge on any atom is -0.378 e. The average Bonchev–Trinajstić information content (AvgIpc) is 2.68. The Balaban J connectivity index is 1.59. The molecule has 1 aromatic rings. The average molecular weight is 352 g/mol. The van der Waals surface area contributed by atoms with E-state index in [4.69, 9.17) is 4.74 Å². The summed E-state index contributed by atoms with van der Waals surface area (Å²) in [6.07, 6.45) is 10.1. The first-order valence-corrected chi connectivity index (χ1v) is 9.41. The lowest BCUT2D eigenvalue weighted by Gasteiger charge is -2.33. The van der Waals surface area contributed by atoms with Gasteiger partial charge in [-0.2, -0.15) is 0 Å². The molecule has 3 rings (SSSR count). The van der Waals surface area contributed by atoms with Crippen molar-refractivity contribution < 1.29 is 9.53 Å². The predicted octanol–water partition coefficient (Wildman–Crippen LogP) is 3.45. The molecule has 1 saturated heterocycles. The number of aryl methyl sites for hydroxylation is 1. The van der Waals surface area contributed by atoms with E-state index < -0.39 is 0 Å². The van der Waals surface area contributed by atoms with Gasteiger partial charge in [0.15, 0.2) is 0 Å². The summed E-state index contributed by atoms with van der Waals surface area (Å²) in [4.78, 5) is 14.7. The van der Waals surface area contributed by atoms with Crippen molar-refractivity contribution in [1.29, 1.82) is 0 Å². The second-order valence-electron chi connectivity index (χ2n) is 6.90. The molecule has 1 atom stereocenters. The Labute approximate surface area is 156 Å². The van der Waals surface area contributed by atoms with Crippen LogP contribution in [0.2, 0.25) is 0 Å². The van der Waals surface area contributed by atoms with E-state index in [-0.39, 0.29) is 11.9 Å². The lowest BCUT2D eigenvalue weighted by Crippen LogP contribution is -2.37. The van der Waals surface area contributed by atoms with Gasteiger partial charge in [-0.1, -0.05) is 30.3 Å². The smallest absolute Gasteiger partial charge is 0.244 e. The molecule has 138 valence electrons. The van der Waals surface area contributed by atoms with Gasteiger partial charge >= 0.3 is 0 Å². The van der Waals surface area contributed by atoms with E-state index in [1.165, 1.54) is 11.3 Å². The monoisotopic (exact) mass is 352 g/mol. The predicted molar refractivity (Wildman–Crippen MR) is 106 cm³/mol. The molecular weight excluding hydrogens is 324 g/mol. The number of carbonyl (C=O) groups is 1. The lowest BCUT2D eigenvalue weighted by molar-refractivity contribution is -0.116. The van der Waals surface area contributed by atoms with Gasteiger partial charge in [0, 0.05) is 24.9 Å². The highest BCUT2D eigenvalue weighted by molar-refractivity contribution is 5.92. The van der Waals surface area contributed by atoms with E-state index in [9.17, 15) is 4.79 Å². The summed E-state index contributed by atoms with van der Waals surface area (Å²) in [6, 6.07) is 8.05. The number of benzene rings is 1. The van der Waals surface area contributed by atoms with Crippen molar-refractivity contribution in [2.45, 2.75) is 32.7 Å². The zero-order chi connectivity index (χ0) is 18.4. The van der Waals surface area contributed by atoms with Crippen LogP contribution in [0.4, 0.5) is 0 Å². The van der Waals surface area contributed by atoms with Gasteiger partial charge in [-0.15, -0.1) is 0 Å². The molecule has 0 aromatic heterocycles. The van der Waals surface area contributed by atoms with Gasteiger partial charge in [0.1, 0.15) is 0 Å². The molecule has 26 heavy (non-hydrogen) atoms. The number of allylic oxidation sites excluding steroid dienone is 2. The normalized spacial score (nSPS) is 19.1. The third kappa shape index (κ3) is 4.85. The van der Waals surface area contributed by atoms with E-state index in [1.807, 2.05) is 44.2 Å². The van der Waals surface area contributed by atoms with Gasteiger partial charge in [0.2, 0.25) is 5.91 Å². The fourth-order valence-electron chi connectivity index (χ4n) is 3.40. The van der Waals surface area contributed by atoms with E-state index >= 15 is 0 Å². The van der Waals surface area contributed by atoms with Crippen LogP contribution in [0.3, 0.4) is 0 Å². The molecule has 1 heterocycles. The number of hydrogen-bond donors (Lipinski definition) is 1. The van der Waals surface area contributed by atoms with Gasteiger partial charge in [-0.25, -0.2) is 0 Å². The Bertz CT molecular complexity index is 727. The molecule has 1 aromatic carbocycles. The zero-order valence-electron chi connectivity index (χ0n) is 15.7. The maximum absolute atomic E-state index is 12.3. The largest absolute Gasteiger partial charge is 0.378 e. The maximum atomic E-state index is 12.3. The number of amides is 1. The molecule has 1 aliphatic heterocycles. The first-order valence-electron chi connectivity index (χ1n) is 9.41. The van der Waals surface area contributed by atoms with Crippen molar-refractivity contribution in [2.75, 3.05) is 26.3 Å². The summed E-state index contributed by atoms with van der Waals surface area (Å²) in [5.41, 5.74) is 4.79. The molecule has 4 heteroatoms. The van der Waals surface area contributed by atoms with Crippen molar-refractivity contribution >= 4 is 12.0 Å². The van der Waals surface area contributed by atoms with Crippen LogP contribution in [0.5, 0.6) is 0 Å². The number of nitrogens with one attached hydrogen (secondary N) is 1. The fourth-order valence-corrected chi connectivity index (χ4v) is 3.40. The molecule has 0 unspecified atom stereocenters. The van der Waals surface area contributed by atoms with Gasteiger partial charge < -0.3 is 15.0 Å². The quantitative estimate of drug-likeness (QED) is 0.825. The SMILES string of the molecule is Cc1ccccc1/C=C/C(=O)N[C@@H](C)C1=CCCC(N2CCOCC2)=C1. The second kappa shape index (κ2) is 8.86. The Morgan fingerprint density at radius 2 is 2.04 bits per heavy atom. The lowest BCUT2D eigenvalue weighted by atomic mass is 9.98. The Morgan fingerprint density at radius 1 is 1.27 bits per heavy atom. The molecular formula is C22H28N2O2. The van der Waals surface area contributed by atoms with E-state index in [0.29, 0.717) is 0 Å². The summed E-state index contributed by atoms with van der Waals surface area (Å²) in [7, 11) is 0. The van der Waals surface area contributed by atoms with Crippen LogP contribution in [-0.2, 0) is 9.53 Å². The van der Waals surface area contributed by atoms with E-state index in [0.717, 1.165) is 50.3 Å². The summed E-state index contributed by atoms with van der Waals surface area (Å²) in [6.45, 7) is 7.60. The van der Waals surface area contributed by atoms with Crippen LogP contribution in [0.15, 0.2) is 53.8 Å². The number of morpholine rings is 1. The molecule has 0 saturated carbocycles. The summed E-state index contributed by atoms with van der Waals surface area (Å²) < 4.78 is 5.44. The maximum Gasteiger partial charge on any atom is 0.244 e. The van der Waals surface area contributed by atoms with E-state index in [1.54, 1.807) is 6.08 Å². The highest BCUT2D eigenvalue weighted by Gasteiger charge is 2.18.